The second-order valence-electron chi connectivity index (χ2n) is 4.95. The third-order valence-electron chi connectivity index (χ3n) is 3.75. The highest BCUT2D eigenvalue weighted by molar-refractivity contribution is 7.89. The number of nitrogens with zero attached hydrogens (tertiary/aromatic N) is 2. The maximum Gasteiger partial charge on any atom is 0.243 e. The van der Waals surface area contributed by atoms with Crippen molar-refractivity contribution >= 4 is 15.8 Å². The van der Waals surface area contributed by atoms with Crippen molar-refractivity contribution in [1.82, 2.24) is 9.29 Å². The van der Waals surface area contributed by atoms with E-state index < -0.39 is 10.0 Å². The molecular weight excluding hydrogens is 262 g/mol. The van der Waals surface area contributed by atoms with Gasteiger partial charge in [0.2, 0.25) is 10.0 Å². The fourth-order valence-electron chi connectivity index (χ4n) is 2.70. The molecule has 0 spiro atoms. The van der Waals surface area contributed by atoms with Crippen molar-refractivity contribution in [3.63, 3.8) is 0 Å². The lowest BCUT2D eigenvalue weighted by Crippen LogP contribution is -2.39. The van der Waals surface area contributed by atoms with Crippen LogP contribution in [0.25, 0.3) is 0 Å². The second kappa shape index (κ2) is 5.46. The summed E-state index contributed by atoms with van der Waals surface area (Å²) in [6.07, 6.45) is 4.26. The van der Waals surface area contributed by atoms with Crippen molar-refractivity contribution in [2.45, 2.75) is 50.1 Å². The first kappa shape index (κ1) is 14.3. The van der Waals surface area contributed by atoms with Gasteiger partial charge in [-0.05, 0) is 32.3 Å². The molecule has 1 aromatic heterocycles. The van der Waals surface area contributed by atoms with Crippen molar-refractivity contribution in [1.29, 1.82) is 0 Å². The van der Waals surface area contributed by atoms with E-state index in [4.69, 9.17) is 0 Å². The smallest absolute Gasteiger partial charge is 0.243 e. The number of aromatic nitrogens is 1. The van der Waals surface area contributed by atoms with Crippen LogP contribution >= 0.6 is 0 Å². The Kier molecular flexibility index (Phi) is 4.10. The lowest BCUT2D eigenvalue weighted by atomic mass is 10.2. The van der Waals surface area contributed by atoms with E-state index in [1.54, 1.807) is 23.5 Å². The Hall–Kier alpha value is -1.14. The van der Waals surface area contributed by atoms with Crippen LogP contribution in [-0.4, -0.2) is 36.8 Å². The predicted molar refractivity (Wildman–Crippen MR) is 75.6 cm³/mol. The molecule has 1 aromatic rings. The fraction of sp³-hybridized carbons (Fsp3) is 0.615. The number of sulfonamides is 1. The highest BCUT2D eigenvalue weighted by Crippen LogP contribution is 2.32. The van der Waals surface area contributed by atoms with Crippen molar-refractivity contribution in [3.8, 4) is 0 Å². The summed E-state index contributed by atoms with van der Waals surface area (Å²) in [6, 6.07) is 3.34. The molecule has 0 radical (unpaired) electrons. The van der Waals surface area contributed by atoms with Gasteiger partial charge in [-0.15, -0.1) is 0 Å². The van der Waals surface area contributed by atoms with Crippen LogP contribution < -0.4 is 5.32 Å². The third kappa shape index (κ3) is 2.60. The molecule has 2 rings (SSSR count). The molecule has 0 aliphatic carbocycles. The molecule has 19 heavy (non-hydrogen) atoms. The van der Waals surface area contributed by atoms with Gasteiger partial charge in [0.05, 0.1) is 4.90 Å². The summed E-state index contributed by atoms with van der Waals surface area (Å²) in [5, 5.41) is 2.87. The van der Waals surface area contributed by atoms with Gasteiger partial charge in [0.15, 0.2) is 0 Å². The number of pyridine rings is 1. The van der Waals surface area contributed by atoms with Crippen molar-refractivity contribution in [2.75, 3.05) is 12.4 Å². The van der Waals surface area contributed by atoms with E-state index in [0.29, 0.717) is 10.7 Å². The molecule has 5 nitrogen and oxygen atoms in total. The van der Waals surface area contributed by atoms with E-state index in [9.17, 15) is 8.42 Å². The Morgan fingerprint density at radius 3 is 2.84 bits per heavy atom. The molecule has 0 bridgehead atoms. The predicted octanol–water partition coefficient (Wildman–Crippen LogP) is 2.07. The van der Waals surface area contributed by atoms with Gasteiger partial charge in [-0.25, -0.2) is 13.4 Å². The molecule has 106 valence electrons. The molecule has 6 heteroatoms. The van der Waals surface area contributed by atoms with E-state index in [0.717, 1.165) is 19.3 Å². The lowest BCUT2D eigenvalue weighted by molar-refractivity contribution is 0.328. The molecule has 1 aliphatic heterocycles. The normalized spacial score (nSPS) is 24.6. The molecule has 1 saturated heterocycles. The number of rotatable bonds is 4. The topological polar surface area (TPSA) is 62.3 Å². The van der Waals surface area contributed by atoms with Gasteiger partial charge >= 0.3 is 0 Å². The van der Waals surface area contributed by atoms with E-state index in [1.165, 1.54) is 6.20 Å². The van der Waals surface area contributed by atoms with Crippen LogP contribution in [0.15, 0.2) is 23.2 Å². The van der Waals surface area contributed by atoms with Crippen LogP contribution in [0.4, 0.5) is 5.82 Å². The van der Waals surface area contributed by atoms with Gasteiger partial charge in [0, 0.05) is 31.4 Å². The Balaban J connectivity index is 2.40. The molecule has 1 fully saturated rings. The van der Waals surface area contributed by atoms with Crippen LogP contribution in [0.3, 0.4) is 0 Å². The van der Waals surface area contributed by atoms with Crippen LogP contribution in [0, 0.1) is 0 Å². The molecular formula is C13H21N3O2S. The molecule has 2 unspecified atom stereocenters. The number of nitrogens with one attached hydrogen (secondary N) is 1. The molecule has 0 aromatic carbocycles. The molecule has 1 aliphatic rings. The minimum atomic E-state index is -3.43. The zero-order chi connectivity index (χ0) is 14.0. The lowest BCUT2D eigenvalue weighted by Gasteiger charge is -2.27. The van der Waals surface area contributed by atoms with E-state index in [1.807, 2.05) is 13.8 Å². The maximum absolute atomic E-state index is 12.8. The van der Waals surface area contributed by atoms with Crippen LogP contribution in [-0.2, 0) is 10.0 Å². The van der Waals surface area contributed by atoms with Gasteiger partial charge in [-0.3, -0.25) is 0 Å². The summed E-state index contributed by atoms with van der Waals surface area (Å²) >= 11 is 0. The number of anilines is 1. The van der Waals surface area contributed by atoms with Gasteiger partial charge in [0.25, 0.3) is 0 Å². The minimum absolute atomic E-state index is 0.0705. The van der Waals surface area contributed by atoms with E-state index in [2.05, 4.69) is 10.3 Å². The minimum Gasteiger partial charge on any atom is -0.373 e. The van der Waals surface area contributed by atoms with Crippen molar-refractivity contribution in [3.05, 3.63) is 18.3 Å². The first-order valence-corrected chi connectivity index (χ1v) is 8.12. The summed E-state index contributed by atoms with van der Waals surface area (Å²) in [5.41, 5.74) is 0. The summed E-state index contributed by atoms with van der Waals surface area (Å²) in [6.45, 7) is 4.02. The number of hydrogen-bond donors (Lipinski definition) is 1. The zero-order valence-electron chi connectivity index (χ0n) is 11.6. The first-order chi connectivity index (χ1) is 9.00. The molecule has 2 atom stereocenters. The highest BCUT2D eigenvalue weighted by atomic mass is 32.2. The SMILES string of the molecule is CCC1CCC(C)N1S(=O)(=O)c1ccnc(NC)c1. The third-order valence-corrected chi connectivity index (χ3v) is 5.81. The molecule has 1 N–H and O–H groups in total. The maximum atomic E-state index is 12.8. The second-order valence-corrected chi connectivity index (χ2v) is 6.79. The van der Waals surface area contributed by atoms with E-state index >= 15 is 0 Å². The average molecular weight is 283 g/mol. The average Bonchev–Trinajstić information content (AvgIpc) is 2.80. The molecule has 2 heterocycles. The van der Waals surface area contributed by atoms with Gasteiger partial charge < -0.3 is 5.32 Å². The quantitative estimate of drug-likeness (QED) is 0.919. The van der Waals surface area contributed by atoms with Crippen LogP contribution in [0.2, 0.25) is 0 Å². The Morgan fingerprint density at radius 1 is 1.47 bits per heavy atom. The summed E-state index contributed by atoms with van der Waals surface area (Å²) in [5.74, 6) is 0.570. The Morgan fingerprint density at radius 2 is 2.21 bits per heavy atom. The van der Waals surface area contributed by atoms with Crippen molar-refractivity contribution < 1.29 is 8.42 Å². The Labute approximate surface area is 115 Å². The van der Waals surface area contributed by atoms with Crippen LogP contribution in [0.5, 0.6) is 0 Å². The zero-order valence-corrected chi connectivity index (χ0v) is 12.4. The summed E-state index contributed by atoms with van der Waals surface area (Å²) < 4.78 is 27.2. The largest absolute Gasteiger partial charge is 0.373 e. The number of hydrogen-bond acceptors (Lipinski definition) is 4. The Bertz CT molecular complexity index is 545. The monoisotopic (exact) mass is 283 g/mol. The van der Waals surface area contributed by atoms with Gasteiger partial charge in [0.1, 0.15) is 5.82 Å². The van der Waals surface area contributed by atoms with Crippen LogP contribution in [0.1, 0.15) is 33.1 Å². The highest BCUT2D eigenvalue weighted by Gasteiger charge is 2.39. The molecule has 0 saturated carbocycles. The molecule has 0 amide bonds. The summed E-state index contributed by atoms with van der Waals surface area (Å²) in [4.78, 5) is 4.38. The van der Waals surface area contributed by atoms with Gasteiger partial charge in [-0.1, -0.05) is 6.92 Å². The standard InChI is InChI=1S/C13H21N3O2S/c1-4-11-6-5-10(2)16(11)19(17,18)12-7-8-15-13(9-12)14-3/h7-11H,4-6H2,1-3H3,(H,14,15). The van der Waals surface area contributed by atoms with Crippen molar-refractivity contribution in [2.24, 2.45) is 0 Å². The summed E-state index contributed by atoms with van der Waals surface area (Å²) in [7, 11) is -1.70. The first-order valence-electron chi connectivity index (χ1n) is 6.68. The van der Waals surface area contributed by atoms with E-state index in [-0.39, 0.29) is 12.1 Å². The fourth-order valence-corrected chi connectivity index (χ4v) is 4.66. The van der Waals surface area contributed by atoms with Gasteiger partial charge in [-0.2, -0.15) is 4.31 Å².